The van der Waals surface area contributed by atoms with Crippen LogP contribution in [-0.4, -0.2) is 49.1 Å². The fourth-order valence-corrected chi connectivity index (χ4v) is 2.84. The minimum atomic E-state index is 0.587. The highest BCUT2D eigenvalue weighted by Crippen LogP contribution is 2.32. The Labute approximate surface area is 124 Å². The number of nitrogens with zero attached hydrogens (tertiary/aromatic N) is 2. The zero-order valence-electron chi connectivity index (χ0n) is 13.5. The predicted octanol–water partition coefficient (Wildman–Crippen LogP) is 2.21. The van der Waals surface area contributed by atoms with Crippen LogP contribution in [0, 0.1) is 5.92 Å². The summed E-state index contributed by atoms with van der Waals surface area (Å²) >= 11 is 0. The average molecular weight is 280 g/mol. The molecular formula is C16H32N4. The summed E-state index contributed by atoms with van der Waals surface area (Å²) in [6.07, 6.45) is 6.57. The summed E-state index contributed by atoms with van der Waals surface area (Å²) in [5, 5.41) is 7.01. The quantitative estimate of drug-likeness (QED) is 0.579. The normalized spacial score (nSPS) is 22.3. The maximum absolute atomic E-state index is 4.72. The van der Waals surface area contributed by atoms with Gasteiger partial charge in [-0.15, -0.1) is 0 Å². The van der Waals surface area contributed by atoms with E-state index in [1.807, 2.05) is 0 Å². The van der Waals surface area contributed by atoms with Gasteiger partial charge in [0, 0.05) is 38.3 Å². The predicted molar refractivity (Wildman–Crippen MR) is 86.2 cm³/mol. The molecule has 0 aromatic carbocycles. The van der Waals surface area contributed by atoms with Gasteiger partial charge in [-0.25, -0.2) is 0 Å². The number of piperidine rings is 1. The van der Waals surface area contributed by atoms with Gasteiger partial charge in [0.1, 0.15) is 0 Å². The van der Waals surface area contributed by atoms with Crippen LogP contribution in [0.5, 0.6) is 0 Å². The molecule has 20 heavy (non-hydrogen) atoms. The van der Waals surface area contributed by atoms with Crippen LogP contribution in [0.25, 0.3) is 0 Å². The molecule has 4 heteroatoms. The third-order valence-corrected chi connectivity index (χ3v) is 4.45. The summed E-state index contributed by atoms with van der Waals surface area (Å²) in [7, 11) is 0. The molecule has 0 unspecified atom stereocenters. The highest BCUT2D eigenvalue weighted by Gasteiger charge is 2.22. The first-order valence-corrected chi connectivity index (χ1v) is 8.48. The fraction of sp³-hybridized carbons (Fsp3) is 0.938. The number of guanidine groups is 1. The van der Waals surface area contributed by atoms with Crippen molar-refractivity contribution in [2.24, 2.45) is 10.9 Å². The molecular weight excluding hydrogens is 248 g/mol. The molecule has 0 bridgehead atoms. The van der Waals surface area contributed by atoms with Crippen molar-refractivity contribution in [3.05, 3.63) is 0 Å². The van der Waals surface area contributed by atoms with E-state index in [0.29, 0.717) is 12.1 Å². The van der Waals surface area contributed by atoms with E-state index in [1.54, 1.807) is 0 Å². The fourth-order valence-electron chi connectivity index (χ4n) is 2.84. The summed E-state index contributed by atoms with van der Waals surface area (Å²) in [6.45, 7) is 11.0. The molecule has 0 atom stereocenters. The second-order valence-electron chi connectivity index (χ2n) is 6.54. The van der Waals surface area contributed by atoms with E-state index < -0.39 is 0 Å². The van der Waals surface area contributed by atoms with Crippen LogP contribution >= 0.6 is 0 Å². The van der Waals surface area contributed by atoms with Crippen molar-refractivity contribution in [3.63, 3.8) is 0 Å². The van der Waals surface area contributed by atoms with Gasteiger partial charge >= 0.3 is 0 Å². The molecule has 2 aliphatic rings. The zero-order valence-corrected chi connectivity index (χ0v) is 13.5. The van der Waals surface area contributed by atoms with E-state index in [4.69, 9.17) is 4.99 Å². The topological polar surface area (TPSA) is 39.7 Å². The number of nitrogens with one attached hydrogen (secondary N) is 2. The lowest BCUT2D eigenvalue weighted by atomic mass is 10.0. The number of hydrogen-bond acceptors (Lipinski definition) is 2. The lowest BCUT2D eigenvalue weighted by Crippen LogP contribution is -2.49. The monoisotopic (exact) mass is 280 g/mol. The van der Waals surface area contributed by atoms with E-state index in [-0.39, 0.29) is 0 Å². The highest BCUT2D eigenvalue weighted by atomic mass is 15.2. The van der Waals surface area contributed by atoms with Gasteiger partial charge < -0.3 is 15.5 Å². The van der Waals surface area contributed by atoms with E-state index in [9.17, 15) is 0 Å². The van der Waals surface area contributed by atoms with E-state index in [0.717, 1.165) is 25.0 Å². The highest BCUT2D eigenvalue weighted by molar-refractivity contribution is 5.80. The van der Waals surface area contributed by atoms with Gasteiger partial charge in [-0.2, -0.15) is 0 Å². The Kier molecular flexibility index (Phi) is 6.14. The molecule has 2 N–H and O–H groups in total. The van der Waals surface area contributed by atoms with E-state index in [1.165, 1.54) is 45.2 Å². The van der Waals surface area contributed by atoms with Crippen LogP contribution in [-0.2, 0) is 0 Å². The number of likely N-dealkylation sites (tertiary alicyclic amines) is 1. The Hall–Kier alpha value is -0.770. The van der Waals surface area contributed by atoms with Crippen LogP contribution in [0.4, 0.5) is 0 Å². The Balaban J connectivity index is 1.73. The molecule has 1 aliphatic heterocycles. The van der Waals surface area contributed by atoms with Crippen molar-refractivity contribution in [2.75, 3.05) is 26.2 Å². The first-order chi connectivity index (χ1) is 9.69. The summed E-state index contributed by atoms with van der Waals surface area (Å²) in [5.41, 5.74) is 0. The molecule has 1 saturated carbocycles. The molecule has 2 fully saturated rings. The maximum Gasteiger partial charge on any atom is 0.191 e. The van der Waals surface area contributed by atoms with E-state index >= 15 is 0 Å². The molecule has 1 saturated heterocycles. The molecule has 1 heterocycles. The van der Waals surface area contributed by atoms with Gasteiger partial charge in [-0.05, 0) is 46.0 Å². The minimum absolute atomic E-state index is 0.587. The molecule has 0 aromatic rings. The van der Waals surface area contributed by atoms with Crippen LogP contribution in [0.1, 0.15) is 52.9 Å². The van der Waals surface area contributed by atoms with Gasteiger partial charge in [0.2, 0.25) is 0 Å². The third kappa shape index (κ3) is 5.31. The number of rotatable bonds is 6. The van der Waals surface area contributed by atoms with Crippen molar-refractivity contribution in [1.29, 1.82) is 0 Å². The summed E-state index contributed by atoms with van der Waals surface area (Å²) in [5.74, 6) is 1.99. The van der Waals surface area contributed by atoms with Crippen LogP contribution in [0.2, 0.25) is 0 Å². The first-order valence-electron chi connectivity index (χ1n) is 8.48. The average Bonchev–Trinajstić information content (AvgIpc) is 3.23. The standard InChI is InChI=1S/C16H32N4/c1-4-17-16(18-10-7-14-5-6-14)19-15-8-11-20(12-9-15)13(2)3/h13-15H,4-12H2,1-3H3,(H2,17,18,19). The maximum atomic E-state index is 4.72. The van der Waals surface area contributed by atoms with Gasteiger partial charge in [-0.1, -0.05) is 12.8 Å². The summed E-state index contributed by atoms with van der Waals surface area (Å²) in [4.78, 5) is 7.29. The first kappa shape index (κ1) is 15.6. The zero-order chi connectivity index (χ0) is 14.4. The van der Waals surface area contributed by atoms with Crippen LogP contribution in [0.3, 0.4) is 0 Å². The van der Waals surface area contributed by atoms with Crippen LogP contribution in [0.15, 0.2) is 4.99 Å². The Morgan fingerprint density at radius 1 is 1.20 bits per heavy atom. The SMILES string of the molecule is CCNC(=NCCC1CC1)NC1CCN(C(C)C)CC1. The molecule has 1 aliphatic carbocycles. The Bertz CT molecular complexity index is 302. The molecule has 2 rings (SSSR count). The molecule has 0 spiro atoms. The molecule has 116 valence electrons. The van der Waals surface area contributed by atoms with Crippen LogP contribution < -0.4 is 10.6 Å². The smallest absolute Gasteiger partial charge is 0.191 e. The van der Waals surface area contributed by atoms with Crippen molar-refractivity contribution < 1.29 is 0 Å². The third-order valence-electron chi connectivity index (χ3n) is 4.45. The molecule has 0 radical (unpaired) electrons. The lowest BCUT2D eigenvalue weighted by Gasteiger charge is -2.35. The van der Waals surface area contributed by atoms with Crippen molar-refractivity contribution >= 4 is 5.96 Å². The van der Waals surface area contributed by atoms with Gasteiger partial charge in [0.05, 0.1) is 0 Å². The summed E-state index contributed by atoms with van der Waals surface area (Å²) in [6, 6.07) is 1.26. The van der Waals surface area contributed by atoms with Crippen molar-refractivity contribution in [3.8, 4) is 0 Å². The molecule has 0 aromatic heterocycles. The summed E-state index contributed by atoms with van der Waals surface area (Å²) < 4.78 is 0. The number of hydrogen-bond donors (Lipinski definition) is 2. The number of aliphatic imine (C=N–C) groups is 1. The van der Waals surface area contributed by atoms with E-state index in [2.05, 4.69) is 36.3 Å². The second-order valence-corrected chi connectivity index (χ2v) is 6.54. The Morgan fingerprint density at radius 3 is 2.45 bits per heavy atom. The van der Waals surface area contributed by atoms with Gasteiger partial charge in [0.25, 0.3) is 0 Å². The minimum Gasteiger partial charge on any atom is -0.357 e. The molecule has 0 amide bonds. The van der Waals surface area contributed by atoms with Gasteiger partial charge in [0.15, 0.2) is 5.96 Å². The lowest BCUT2D eigenvalue weighted by molar-refractivity contribution is 0.167. The largest absolute Gasteiger partial charge is 0.357 e. The van der Waals surface area contributed by atoms with Crippen molar-refractivity contribution in [2.45, 2.75) is 65.0 Å². The molecule has 4 nitrogen and oxygen atoms in total. The van der Waals surface area contributed by atoms with Crippen molar-refractivity contribution in [1.82, 2.24) is 15.5 Å². The van der Waals surface area contributed by atoms with Gasteiger partial charge in [-0.3, -0.25) is 4.99 Å². The second kappa shape index (κ2) is 7.87. The Morgan fingerprint density at radius 2 is 1.90 bits per heavy atom.